The summed E-state index contributed by atoms with van der Waals surface area (Å²) in [5.74, 6) is -1.64. The Morgan fingerprint density at radius 3 is 2.51 bits per heavy atom. The summed E-state index contributed by atoms with van der Waals surface area (Å²) in [6.07, 6.45) is -0.234. The number of ether oxygens (including phenoxy) is 3. The molecule has 3 amide bonds. The van der Waals surface area contributed by atoms with Gasteiger partial charge in [-0.15, -0.1) is 0 Å². The van der Waals surface area contributed by atoms with E-state index >= 15 is 0 Å². The fraction of sp³-hybridized carbons (Fsp3) is 0.296. The monoisotopic (exact) mass is 589 g/mol. The number of aromatic nitrogens is 1. The zero-order valence-corrected chi connectivity index (χ0v) is 23.1. The second-order valence-corrected chi connectivity index (χ2v) is 8.87. The first-order valence-electron chi connectivity index (χ1n) is 12.5. The summed E-state index contributed by atoms with van der Waals surface area (Å²) in [7, 11) is 0. The molecular formula is C27H29ClFN5O7. The summed E-state index contributed by atoms with van der Waals surface area (Å²) in [4.78, 5) is 52.9. The fourth-order valence-corrected chi connectivity index (χ4v) is 3.81. The van der Waals surface area contributed by atoms with Gasteiger partial charge in [0.1, 0.15) is 18.2 Å². The number of nitrogens with one attached hydrogen (secondary N) is 3. The molecular weight excluding hydrogens is 561 g/mol. The molecule has 3 rings (SSSR count). The van der Waals surface area contributed by atoms with Crippen LogP contribution in [0, 0.1) is 5.82 Å². The second-order valence-electron chi connectivity index (χ2n) is 8.49. The molecule has 0 aliphatic heterocycles. The van der Waals surface area contributed by atoms with Crippen LogP contribution in [0.2, 0.25) is 5.02 Å². The minimum Gasteiger partial charge on any atom is -0.463 e. The molecule has 1 atom stereocenters. The summed E-state index contributed by atoms with van der Waals surface area (Å²) in [6.45, 7) is 1.64. The highest BCUT2D eigenvalue weighted by Gasteiger charge is 2.25. The first-order chi connectivity index (χ1) is 19.7. The van der Waals surface area contributed by atoms with Gasteiger partial charge in [0, 0.05) is 31.6 Å². The van der Waals surface area contributed by atoms with Gasteiger partial charge < -0.3 is 19.5 Å². The number of hydrogen-bond donors (Lipinski definition) is 3. The van der Waals surface area contributed by atoms with Crippen molar-refractivity contribution in [2.45, 2.75) is 26.4 Å². The first kappa shape index (κ1) is 31.0. The quantitative estimate of drug-likeness (QED) is 0.163. The molecule has 1 aromatic heterocycles. The van der Waals surface area contributed by atoms with Gasteiger partial charge in [0.05, 0.1) is 17.7 Å². The minimum absolute atomic E-state index is 0.0623. The van der Waals surface area contributed by atoms with E-state index < -0.39 is 42.5 Å². The lowest BCUT2D eigenvalue weighted by molar-refractivity contribution is -0.146. The van der Waals surface area contributed by atoms with Crippen LogP contribution in [0.15, 0.2) is 54.7 Å². The van der Waals surface area contributed by atoms with Gasteiger partial charge in [-0.2, -0.15) is 0 Å². The lowest BCUT2D eigenvalue weighted by atomic mass is 10.2. The van der Waals surface area contributed by atoms with Crippen LogP contribution in [0.25, 0.3) is 10.8 Å². The third kappa shape index (κ3) is 9.58. The van der Waals surface area contributed by atoms with E-state index in [4.69, 9.17) is 25.8 Å². The van der Waals surface area contributed by atoms with Crippen molar-refractivity contribution in [3.05, 3.63) is 71.1 Å². The van der Waals surface area contributed by atoms with E-state index in [-0.39, 0.29) is 37.1 Å². The lowest BCUT2D eigenvalue weighted by Crippen LogP contribution is -2.55. The molecule has 3 N–H and O–H groups in total. The molecule has 3 aromatic rings. The number of benzene rings is 2. The van der Waals surface area contributed by atoms with Crippen LogP contribution in [-0.4, -0.2) is 66.5 Å². The van der Waals surface area contributed by atoms with Crippen molar-refractivity contribution in [1.29, 1.82) is 0 Å². The van der Waals surface area contributed by atoms with Gasteiger partial charge in [0.2, 0.25) is 5.91 Å². The molecule has 0 saturated carbocycles. The number of esters is 1. The molecule has 0 spiro atoms. The summed E-state index contributed by atoms with van der Waals surface area (Å²) in [5.41, 5.74) is 3.19. The number of amides is 3. The molecule has 0 aliphatic carbocycles. The highest BCUT2D eigenvalue weighted by molar-refractivity contribution is 6.31. The summed E-state index contributed by atoms with van der Waals surface area (Å²) in [5, 5.41) is 7.65. The average molecular weight is 590 g/mol. The van der Waals surface area contributed by atoms with E-state index in [0.717, 1.165) is 15.8 Å². The SMILES string of the molecule is CCOC(=O)COC(=O)NC[C@@H](COC(=O)Nc1cc2ccccc2cn1)N(NCc1cccc(F)c1Cl)C(C)=O. The Morgan fingerprint density at radius 2 is 1.78 bits per heavy atom. The second kappa shape index (κ2) is 15.3. The maximum absolute atomic E-state index is 13.9. The number of fused-ring (bicyclic) bond motifs is 1. The van der Waals surface area contributed by atoms with Crippen molar-refractivity contribution < 1.29 is 37.8 Å². The Morgan fingerprint density at radius 1 is 1.02 bits per heavy atom. The molecule has 41 heavy (non-hydrogen) atoms. The number of carbonyl (C=O) groups excluding carboxylic acids is 4. The molecule has 0 saturated heterocycles. The number of rotatable bonds is 12. The molecule has 2 aromatic carbocycles. The van der Waals surface area contributed by atoms with Gasteiger partial charge in [0.25, 0.3) is 0 Å². The van der Waals surface area contributed by atoms with Gasteiger partial charge in [-0.25, -0.2) is 29.2 Å². The van der Waals surface area contributed by atoms with Crippen molar-refractivity contribution in [2.75, 3.05) is 31.7 Å². The van der Waals surface area contributed by atoms with Crippen molar-refractivity contribution in [3.8, 4) is 0 Å². The van der Waals surface area contributed by atoms with E-state index in [1.165, 1.54) is 19.1 Å². The smallest absolute Gasteiger partial charge is 0.412 e. The minimum atomic E-state index is -0.968. The number of hydrazine groups is 1. The molecule has 1 heterocycles. The van der Waals surface area contributed by atoms with Crippen molar-refractivity contribution in [1.82, 2.24) is 20.7 Å². The first-order valence-corrected chi connectivity index (χ1v) is 12.9. The molecule has 0 unspecified atom stereocenters. The maximum Gasteiger partial charge on any atom is 0.412 e. The summed E-state index contributed by atoms with van der Waals surface area (Å²) in [6, 6.07) is 12.4. The van der Waals surface area contributed by atoms with Gasteiger partial charge in [-0.05, 0) is 30.0 Å². The maximum atomic E-state index is 13.9. The number of anilines is 1. The van der Waals surface area contributed by atoms with Gasteiger partial charge in [0.15, 0.2) is 6.61 Å². The van der Waals surface area contributed by atoms with E-state index in [1.807, 2.05) is 24.3 Å². The van der Waals surface area contributed by atoms with Crippen LogP contribution >= 0.6 is 11.6 Å². The molecule has 0 radical (unpaired) electrons. The number of nitrogens with zero attached hydrogens (tertiary/aromatic N) is 2. The van der Waals surface area contributed by atoms with Crippen LogP contribution in [0.3, 0.4) is 0 Å². The summed E-state index contributed by atoms with van der Waals surface area (Å²) < 4.78 is 28.7. The Balaban J connectivity index is 1.67. The van der Waals surface area contributed by atoms with Crippen molar-refractivity contribution >= 4 is 52.3 Å². The average Bonchev–Trinajstić information content (AvgIpc) is 2.95. The Kier molecular flexibility index (Phi) is 11.6. The van der Waals surface area contributed by atoms with Crippen LogP contribution in [0.1, 0.15) is 19.4 Å². The fourth-order valence-electron chi connectivity index (χ4n) is 3.62. The van der Waals surface area contributed by atoms with Gasteiger partial charge in [-0.3, -0.25) is 15.1 Å². The normalized spacial score (nSPS) is 11.3. The molecule has 0 bridgehead atoms. The third-order valence-corrected chi connectivity index (χ3v) is 5.98. The molecule has 12 nitrogen and oxygen atoms in total. The van der Waals surface area contributed by atoms with E-state index in [2.05, 4.69) is 21.0 Å². The lowest BCUT2D eigenvalue weighted by Gasteiger charge is -2.31. The van der Waals surface area contributed by atoms with E-state index in [0.29, 0.717) is 5.56 Å². The number of pyridine rings is 1. The Labute approximate surface area is 240 Å². The topological polar surface area (TPSA) is 148 Å². The standard InChI is InChI=1S/C27H29ClFN5O7/c1-3-39-24(36)16-41-26(37)31-14-21(34(17(2)35)32-13-20-9-6-10-22(29)25(20)28)15-40-27(38)33-23-11-18-7-4-5-8-19(18)12-30-23/h4-12,21,32H,3,13-16H2,1-2H3,(H,31,37)(H,30,33,38)/t21-/m0/s1. The van der Waals surface area contributed by atoms with Crippen molar-refractivity contribution in [2.24, 2.45) is 0 Å². The molecule has 0 fully saturated rings. The largest absolute Gasteiger partial charge is 0.463 e. The number of alkyl carbamates (subject to hydrolysis) is 1. The number of hydrogen-bond acceptors (Lipinski definition) is 9. The van der Waals surface area contributed by atoms with Crippen LogP contribution in [0.5, 0.6) is 0 Å². The number of halogens is 2. The highest BCUT2D eigenvalue weighted by atomic mass is 35.5. The zero-order chi connectivity index (χ0) is 29.8. The molecule has 218 valence electrons. The molecule has 14 heteroatoms. The van der Waals surface area contributed by atoms with Crippen LogP contribution < -0.4 is 16.1 Å². The number of carbonyl (C=O) groups is 4. The van der Waals surface area contributed by atoms with Crippen LogP contribution in [0.4, 0.5) is 19.8 Å². The van der Waals surface area contributed by atoms with E-state index in [9.17, 15) is 23.6 Å². The van der Waals surface area contributed by atoms with Gasteiger partial charge >= 0.3 is 18.2 Å². The summed E-state index contributed by atoms with van der Waals surface area (Å²) >= 11 is 6.02. The highest BCUT2D eigenvalue weighted by Crippen LogP contribution is 2.20. The van der Waals surface area contributed by atoms with E-state index in [1.54, 1.807) is 25.3 Å². The predicted molar refractivity (Wildman–Crippen MR) is 147 cm³/mol. The Hall–Kier alpha value is -4.49. The van der Waals surface area contributed by atoms with Crippen molar-refractivity contribution in [3.63, 3.8) is 0 Å². The van der Waals surface area contributed by atoms with Gasteiger partial charge in [-0.1, -0.05) is 48.0 Å². The zero-order valence-electron chi connectivity index (χ0n) is 22.3. The van der Waals surface area contributed by atoms with Crippen LogP contribution in [-0.2, 0) is 30.3 Å². The predicted octanol–water partition coefficient (Wildman–Crippen LogP) is 3.79. The molecule has 0 aliphatic rings. The third-order valence-electron chi connectivity index (χ3n) is 5.55. The Bertz CT molecular complexity index is 1390.